The third kappa shape index (κ3) is 4.28. The standard InChI is InChI=1S/C5H9Cl2N/c1-8(2)4-5(7)3-6/h4H,3H2,1-2H3. The molecule has 0 amide bonds. The summed E-state index contributed by atoms with van der Waals surface area (Å²) in [6, 6.07) is 0. The first-order valence-corrected chi connectivity index (χ1v) is 3.16. The molecule has 0 rings (SSSR count). The van der Waals surface area contributed by atoms with Gasteiger partial charge in [0, 0.05) is 25.3 Å². The normalized spacial score (nSPS) is 11.8. The summed E-state index contributed by atoms with van der Waals surface area (Å²) in [4.78, 5) is 1.85. The van der Waals surface area contributed by atoms with Gasteiger partial charge in [0.2, 0.25) is 0 Å². The second-order valence-corrected chi connectivity index (χ2v) is 2.43. The molecule has 0 N–H and O–H groups in total. The minimum absolute atomic E-state index is 0.389. The van der Waals surface area contributed by atoms with Crippen LogP contribution in [-0.2, 0) is 0 Å². The van der Waals surface area contributed by atoms with Crippen molar-refractivity contribution in [2.24, 2.45) is 0 Å². The van der Waals surface area contributed by atoms with Gasteiger partial charge in [-0.2, -0.15) is 0 Å². The first kappa shape index (κ1) is 8.12. The van der Waals surface area contributed by atoms with E-state index in [9.17, 15) is 0 Å². The minimum Gasteiger partial charge on any atom is -0.383 e. The van der Waals surface area contributed by atoms with Crippen LogP contribution in [0.4, 0.5) is 0 Å². The van der Waals surface area contributed by atoms with Crippen molar-refractivity contribution in [3.8, 4) is 0 Å². The Bertz CT molecular complexity index is 88.4. The lowest BCUT2D eigenvalue weighted by molar-refractivity contribution is 0.561. The Labute approximate surface area is 59.9 Å². The fourth-order valence-corrected chi connectivity index (χ4v) is 0.579. The van der Waals surface area contributed by atoms with Crippen LogP contribution in [0.3, 0.4) is 0 Å². The Balaban J connectivity index is 3.56. The third-order valence-corrected chi connectivity index (χ3v) is 1.18. The molecule has 0 spiro atoms. The molecule has 3 heteroatoms. The van der Waals surface area contributed by atoms with Gasteiger partial charge in [-0.15, -0.1) is 11.6 Å². The highest BCUT2D eigenvalue weighted by Crippen LogP contribution is 2.02. The zero-order valence-electron chi connectivity index (χ0n) is 4.99. The molecule has 0 aromatic rings. The monoisotopic (exact) mass is 153 g/mol. The van der Waals surface area contributed by atoms with Crippen LogP contribution >= 0.6 is 23.2 Å². The number of halogens is 2. The van der Waals surface area contributed by atoms with Gasteiger partial charge in [0.15, 0.2) is 0 Å². The van der Waals surface area contributed by atoms with Gasteiger partial charge in [-0.05, 0) is 0 Å². The fraction of sp³-hybridized carbons (Fsp3) is 0.600. The van der Waals surface area contributed by atoms with E-state index in [-0.39, 0.29) is 0 Å². The molecule has 0 aromatic heterocycles. The van der Waals surface area contributed by atoms with Crippen molar-refractivity contribution >= 4 is 23.2 Å². The highest BCUT2D eigenvalue weighted by atomic mass is 35.5. The van der Waals surface area contributed by atoms with Crippen LogP contribution in [0.25, 0.3) is 0 Å². The van der Waals surface area contributed by atoms with Crippen molar-refractivity contribution in [2.75, 3.05) is 20.0 Å². The van der Waals surface area contributed by atoms with Crippen molar-refractivity contribution in [3.05, 3.63) is 11.2 Å². The summed E-state index contributed by atoms with van der Waals surface area (Å²) >= 11 is 10.9. The quantitative estimate of drug-likeness (QED) is 0.548. The molecule has 0 heterocycles. The van der Waals surface area contributed by atoms with E-state index in [4.69, 9.17) is 23.2 Å². The van der Waals surface area contributed by atoms with E-state index in [1.807, 2.05) is 19.0 Å². The zero-order chi connectivity index (χ0) is 6.57. The van der Waals surface area contributed by atoms with E-state index >= 15 is 0 Å². The molecule has 0 radical (unpaired) electrons. The Morgan fingerprint density at radius 3 is 2.25 bits per heavy atom. The van der Waals surface area contributed by atoms with Gasteiger partial charge in [0.25, 0.3) is 0 Å². The number of hydrogen-bond acceptors (Lipinski definition) is 1. The Hall–Kier alpha value is 0.120. The molecule has 0 bridgehead atoms. The topological polar surface area (TPSA) is 3.24 Å². The maximum Gasteiger partial charge on any atom is 0.0596 e. The maximum atomic E-state index is 5.55. The molecule has 48 valence electrons. The summed E-state index contributed by atoms with van der Waals surface area (Å²) in [6.45, 7) is 0. The lowest BCUT2D eigenvalue weighted by Crippen LogP contribution is -2.01. The first-order chi connectivity index (χ1) is 3.66. The van der Waals surface area contributed by atoms with Crippen molar-refractivity contribution in [1.82, 2.24) is 4.90 Å². The SMILES string of the molecule is CN(C)C=C(Cl)CCl. The minimum atomic E-state index is 0.389. The van der Waals surface area contributed by atoms with Crippen LogP contribution in [0.2, 0.25) is 0 Å². The van der Waals surface area contributed by atoms with E-state index < -0.39 is 0 Å². The molecule has 0 atom stereocenters. The number of hydrogen-bond donors (Lipinski definition) is 0. The highest BCUT2D eigenvalue weighted by Gasteiger charge is 1.86. The Morgan fingerprint density at radius 1 is 1.62 bits per heavy atom. The van der Waals surface area contributed by atoms with Gasteiger partial charge in [0.05, 0.1) is 5.88 Å². The van der Waals surface area contributed by atoms with Crippen LogP contribution in [-0.4, -0.2) is 24.9 Å². The molecule has 1 nitrogen and oxygen atoms in total. The van der Waals surface area contributed by atoms with E-state index in [1.165, 1.54) is 0 Å². The summed E-state index contributed by atoms with van der Waals surface area (Å²) in [5.74, 6) is 0.389. The fourth-order valence-electron chi connectivity index (χ4n) is 0.315. The van der Waals surface area contributed by atoms with Crippen LogP contribution in [0.1, 0.15) is 0 Å². The molecule has 0 saturated heterocycles. The van der Waals surface area contributed by atoms with Crippen molar-refractivity contribution in [1.29, 1.82) is 0 Å². The second kappa shape index (κ2) is 4.04. The van der Waals surface area contributed by atoms with Gasteiger partial charge >= 0.3 is 0 Å². The van der Waals surface area contributed by atoms with Crippen LogP contribution < -0.4 is 0 Å². The van der Waals surface area contributed by atoms with E-state index in [1.54, 1.807) is 6.20 Å². The van der Waals surface area contributed by atoms with Crippen molar-refractivity contribution < 1.29 is 0 Å². The molecular weight excluding hydrogens is 145 g/mol. The van der Waals surface area contributed by atoms with Crippen molar-refractivity contribution in [2.45, 2.75) is 0 Å². The van der Waals surface area contributed by atoms with Crippen LogP contribution in [0.5, 0.6) is 0 Å². The van der Waals surface area contributed by atoms with Crippen LogP contribution in [0, 0.1) is 0 Å². The van der Waals surface area contributed by atoms with Gasteiger partial charge in [-0.25, -0.2) is 0 Å². The lowest BCUT2D eigenvalue weighted by Gasteiger charge is -2.03. The van der Waals surface area contributed by atoms with E-state index in [2.05, 4.69) is 0 Å². The number of alkyl halides is 1. The average molecular weight is 154 g/mol. The molecule has 8 heavy (non-hydrogen) atoms. The van der Waals surface area contributed by atoms with Gasteiger partial charge in [-0.1, -0.05) is 11.6 Å². The summed E-state index contributed by atoms with van der Waals surface area (Å²) in [7, 11) is 3.80. The van der Waals surface area contributed by atoms with Gasteiger partial charge < -0.3 is 4.90 Å². The van der Waals surface area contributed by atoms with Gasteiger partial charge in [0.1, 0.15) is 0 Å². The highest BCUT2D eigenvalue weighted by molar-refractivity contribution is 6.35. The molecule has 0 fully saturated rings. The summed E-state index contributed by atoms with van der Waals surface area (Å²) < 4.78 is 0. The number of allylic oxidation sites excluding steroid dienone is 1. The Kier molecular flexibility index (Phi) is 4.11. The summed E-state index contributed by atoms with van der Waals surface area (Å²) in [5, 5.41) is 0.664. The predicted molar refractivity (Wildman–Crippen MR) is 38.3 cm³/mol. The van der Waals surface area contributed by atoms with Crippen molar-refractivity contribution in [3.63, 3.8) is 0 Å². The number of nitrogens with zero attached hydrogens (tertiary/aromatic N) is 1. The molecular formula is C5H9Cl2N. The average Bonchev–Trinajstić information content (AvgIpc) is 1.65. The molecule has 0 aliphatic rings. The smallest absolute Gasteiger partial charge is 0.0596 e. The number of rotatable bonds is 2. The Morgan fingerprint density at radius 2 is 2.12 bits per heavy atom. The van der Waals surface area contributed by atoms with Crippen LogP contribution in [0.15, 0.2) is 11.2 Å². The lowest BCUT2D eigenvalue weighted by atomic mass is 10.6. The third-order valence-electron chi connectivity index (χ3n) is 0.526. The largest absolute Gasteiger partial charge is 0.383 e. The maximum absolute atomic E-state index is 5.55. The van der Waals surface area contributed by atoms with E-state index in [0.29, 0.717) is 10.9 Å². The molecule has 0 aromatic carbocycles. The molecule has 0 unspecified atom stereocenters. The van der Waals surface area contributed by atoms with E-state index in [0.717, 1.165) is 0 Å². The van der Waals surface area contributed by atoms with Gasteiger partial charge in [-0.3, -0.25) is 0 Å². The predicted octanol–water partition coefficient (Wildman–Crippen LogP) is 1.87. The molecule has 0 saturated carbocycles. The summed E-state index contributed by atoms with van der Waals surface area (Å²) in [5.41, 5.74) is 0. The molecule has 0 aliphatic heterocycles. The zero-order valence-corrected chi connectivity index (χ0v) is 6.50. The first-order valence-electron chi connectivity index (χ1n) is 2.25. The molecule has 0 aliphatic carbocycles. The second-order valence-electron chi connectivity index (χ2n) is 1.67. The summed E-state index contributed by atoms with van der Waals surface area (Å²) in [6.07, 6.45) is 1.77.